The van der Waals surface area contributed by atoms with Crippen LogP contribution in [0, 0.1) is 5.41 Å². The molecular formula is C11H25NO3. The minimum atomic E-state index is 0.0662. The molecule has 0 heterocycles. The van der Waals surface area contributed by atoms with Crippen molar-refractivity contribution in [1.82, 2.24) is 0 Å². The van der Waals surface area contributed by atoms with Gasteiger partial charge in [0.15, 0.2) is 0 Å². The average molecular weight is 219 g/mol. The van der Waals surface area contributed by atoms with E-state index in [1.807, 2.05) is 0 Å². The first-order valence-corrected chi connectivity index (χ1v) is 5.38. The van der Waals surface area contributed by atoms with Crippen LogP contribution in [0.1, 0.15) is 20.8 Å². The lowest BCUT2D eigenvalue weighted by Crippen LogP contribution is -2.39. The first-order valence-electron chi connectivity index (χ1n) is 5.38. The van der Waals surface area contributed by atoms with Crippen LogP contribution in [0.25, 0.3) is 0 Å². The van der Waals surface area contributed by atoms with Gasteiger partial charge in [-0.15, -0.1) is 0 Å². The summed E-state index contributed by atoms with van der Waals surface area (Å²) in [5.41, 5.74) is 6.02. The third kappa shape index (κ3) is 8.81. The Morgan fingerprint density at radius 1 is 1.00 bits per heavy atom. The SMILES string of the molecule is COCCOCCOCC(N)C(C)(C)C. The molecule has 0 aromatic rings. The molecule has 0 aromatic heterocycles. The molecule has 0 saturated carbocycles. The van der Waals surface area contributed by atoms with E-state index >= 15 is 0 Å². The van der Waals surface area contributed by atoms with Crippen LogP contribution in [0.3, 0.4) is 0 Å². The van der Waals surface area contributed by atoms with Crippen molar-refractivity contribution >= 4 is 0 Å². The Morgan fingerprint density at radius 2 is 1.53 bits per heavy atom. The quantitative estimate of drug-likeness (QED) is 0.620. The molecule has 2 N–H and O–H groups in total. The zero-order valence-corrected chi connectivity index (χ0v) is 10.4. The van der Waals surface area contributed by atoms with E-state index in [-0.39, 0.29) is 11.5 Å². The van der Waals surface area contributed by atoms with Gasteiger partial charge in [-0.1, -0.05) is 20.8 Å². The number of hydrogen-bond donors (Lipinski definition) is 1. The van der Waals surface area contributed by atoms with Crippen LogP contribution in [0.15, 0.2) is 0 Å². The van der Waals surface area contributed by atoms with E-state index in [9.17, 15) is 0 Å². The number of nitrogens with two attached hydrogens (primary N) is 1. The van der Waals surface area contributed by atoms with Gasteiger partial charge in [-0.05, 0) is 5.41 Å². The van der Waals surface area contributed by atoms with Gasteiger partial charge in [0.25, 0.3) is 0 Å². The molecule has 4 heteroatoms. The summed E-state index contributed by atoms with van der Waals surface area (Å²) in [7, 11) is 1.65. The summed E-state index contributed by atoms with van der Waals surface area (Å²) in [6, 6.07) is 0.0662. The second kappa shape index (κ2) is 8.05. The standard InChI is InChI=1S/C11H25NO3/c1-11(2,3)10(12)9-15-8-7-14-6-5-13-4/h10H,5-9,12H2,1-4H3. The molecule has 4 nitrogen and oxygen atoms in total. The van der Waals surface area contributed by atoms with Crippen molar-refractivity contribution in [2.24, 2.45) is 11.1 Å². The van der Waals surface area contributed by atoms with Gasteiger partial charge in [0.1, 0.15) is 0 Å². The maximum atomic E-state index is 5.93. The van der Waals surface area contributed by atoms with E-state index in [2.05, 4.69) is 20.8 Å². The lowest BCUT2D eigenvalue weighted by molar-refractivity contribution is 0.0145. The predicted molar refractivity (Wildman–Crippen MR) is 60.9 cm³/mol. The fourth-order valence-corrected chi connectivity index (χ4v) is 0.822. The van der Waals surface area contributed by atoms with Gasteiger partial charge in [0, 0.05) is 13.2 Å². The molecule has 0 saturated heterocycles. The predicted octanol–water partition coefficient (Wildman–Crippen LogP) is 1.04. The minimum Gasteiger partial charge on any atom is -0.382 e. The zero-order chi connectivity index (χ0) is 11.7. The highest BCUT2D eigenvalue weighted by Crippen LogP contribution is 2.17. The summed E-state index contributed by atoms with van der Waals surface area (Å²) < 4.78 is 15.5. The van der Waals surface area contributed by atoms with Gasteiger partial charge in [-0.2, -0.15) is 0 Å². The van der Waals surface area contributed by atoms with Crippen molar-refractivity contribution in [2.45, 2.75) is 26.8 Å². The minimum absolute atomic E-state index is 0.0662. The Morgan fingerprint density at radius 3 is 2.07 bits per heavy atom. The van der Waals surface area contributed by atoms with Crippen molar-refractivity contribution in [2.75, 3.05) is 40.1 Å². The van der Waals surface area contributed by atoms with E-state index in [0.717, 1.165) is 0 Å². The molecule has 0 aliphatic heterocycles. The van der Waals surface area contributed by atoms with E-state index < -0.39 is 0 Å². The molecule has 0 fully saturated rings. The molecule has 15 heavy (non-hydrogen) atoms. The smallest absolute Gasteiger partial charge is 0.0701 e. The number of rotatable bonds is 8. The Labute approximate surface area is 93.1 Å². The Balaban J connectivity index is 3.24. The molecule has 0 bridgehead atoms. The summed E-state index contributed by atoms with van der Waals surface area (Å²) in [5.74, 6) is 0. The largest absolute Gasteiger partial charge is 0.382 e. The van der Waals surface area contributed by atoms with Gasteiger partial charge in [-0.25, -0.2) is 0 Å². The van der Waals surface area contributed by atoms with Crippen molar-refractivity contribution in [3.8, 4) is 0 Å². The summed E-state index contributed by atoms with van der Waals surface area (Å²) in [5, 5.41) is 0. The fourth-order valence-electron chi connectivity index (χ4n) is 0.822. The first-order chi connectivity index (χ1) is 6.98. The average Bonchev–Trinajstić information content (AvgIpc) is 2.14. The number of methoxy groups -OCH3 is 1. The first kappa shape index (κ1) is 14.8. The van der Waals surface area contributed by atoms with E-state index in [0.29, 0.717) is 33.0 Å². The Kier molecular flexibility index (Phi) is 7.96. The molecule has 0 aliphatic rings. The second-order valence-electron chi connectivity index (χ2n) is 4.65. The van der Waals surface area contributed by atoms with Crippen molar-refractivity contribution in [3.63, 3.8) is 0 Å². The van der Waals surface area contributed by atoms with Crippen molar-refractivity contribution in [3.05, 3.63) is 0 Å². The summed E-state index contributed by atoms with van der Waals surface area (Å²) in [4.78, 5) is 0. The molecule has 92 valence electrons. The van der Waals surface area contributed by atoms with Crippen molar-refractivity contribution in [1.29, 1.82) is 0 Å². The fraction of sp³-hybridized carbons (Fsp3) is 1.00. The van der Waals surface area contributed by atoms with Crippen LogP contribution in [-0.2, 0) is 14.2 Å². The van der Waals surface area contributed by atoms with Crippen LogP contribution < -0.4 is 5.73 Å². The molecule has 0 rings (SSSR count). The highest BCUT2D eigenvalue weighted by Gasteiger charge is 2.20. The third-order valence-electron chi connectivity index (χ3n) is 2.21. The van der Waals surface area contributed by atoms with E-state index in [1.54, 1.807) is 7.11 Å². The monoisotopic (exact) mass is 219 g/mol. The number of ether oxygens (including phenoxy) is 3. The molecule has 0 radical (unpaired) electrons. The molecule has 0 aliphatic carbocycles. The molecule has 0 amide bonds. The maximum Gasteiger partial charge on any atom is 0.0701 e. The van der Waals surface area contributed by atoms with Crippen LogP contribution in [0.2, 0.25) is 0 Å². The topological polar surface area (TPSA) is 53.7 Å². The molecular weight excluding hydrogens is 194 g/mol. The maximum absolute atomic E-state index is 5.93. The van der Waals surface area contributed by atoms with Crippen LogP contribution in [0.5, 0.6) is 0 Å². The Hall–Kier alpha value is -0.160. The van der Waals surface area contributed by atoms with Gasteiger partial charge >= 0.3 is 0 Å². The summed E-state index contributed by atoms with van der Waals surface area (Å²) >= 11 is 0. The molecule has 0 aromatic carbocycles. The van der Waals surface area contributed by atoms with Gasteiger partial charge in [0.2, 0.25) is 0 Å². The van der Waals surface area contributed by atoms with Gasteiger partial charge in [-0.3, -0.25) is 0 Å². The molecule has 0 spiro atoms. The highest BCUT2D eigenvalue weighted by atomic mass is 16.5. The normalized spacial score (nSPS) is 14.2. The van der Waals surface area contributed by atoms with Gasteiger partial charge in [0.05, 0.1) is 33.0 Å². The molecule has 1 unspecified atom stereocenters. The van der Waals surface area contributed by atoms with E-state index in [4.69, 9.17) is 19.9 Å². The Bertz CT molecular complexity index is 145. The zero-order valence-electron chi connectivity index (χ0n) is 10.4. The molecule has 1 atom stereocenters. The summed E-state index contributed by atoms with van der Waals surface area (Å²) in [6.45, 7) is 9.33. The number of hydrogen-bond acceptors (Lipinski definition) is 4. The van der Waals surface area contributed by atoms with Crippen LogP contribution in [-0.4, -0.2) is 46.2 Å². The van der Waals surface area contributed by atoms with Gasteiger partial charge < -0.3 is 19.9 Å². The second-order valence-corrected chi connectivity index (χ2v) is 4.65. The summed E-state index contributed by atoms with van der Waals surface area (Å²) in [6.07, 6.45) is 0. The van der Waals surface area contributed by atoms with Crippen molar-refractivity contribution < 1.29 is 14.2 Å². The lowest BCUT2D eigenvalue weighted by Gasteiger charge is -2.26. The highest BCUT2D eigenvalue weighted by molar-refractivity contribution is 4.76. The van der Waals surface area contributed by atoms with Crippen LogP contribution in [0.4, 0.5) is 0 Å². The third-order valence-corrected chi connectivity index (χ3v) is 2.21. The lowest BCUT2D eigenvalue weighted by atomic mass is 9.88. The van der Waals surface area contributed by atoms with Crippen LogP contribution >= 0.6 is 0 Å². The van der Waals surface area contributed by atoms with E-state index in [1.165, 1.54) is 0 Å².